The molecule has 0 amide bonds. The van der Waals surface area contributed by atoms with E-state index < -0.39 is 0 Å². The van der Waals surface area contributed by atoms with Crippen molar-refractivity contribution in [2.24, 2.45) is 17.8 Å². The van der Waals surface area contributed by atoms with Gasteiger partial charge in [-0.3, -0.25) is 0 Å². The molecule has 1 nitrogen and oxygen atoms in total. The van der Waals surface area contributed by atoms with Crippen molar-refractivity contribution in [3.05, 3.63) is 42.0 Å². The zero-order chi connectivity index (χ0) is 19.9. The smallest absolute Gasteiger partial charge is 0.119 e. The Hall–Kier alpha value is -1.24. The Bertz CT molecular complexity index is 488. The van der Waals surface area contributed by atoms with Crippen LogP contribution >= 0.6 is 0 Å². The molecule has 1 aromatic rings. The molecular weight excluding hydrogens is 328 g/mol. The first-order chi connectivity index (χ1) is 13.0. The van der Waals surface area contributed by atoms with E-state index in [2.05, 4.69) is 40.7 Å². The Labute approximate surface area is 169 Å². The largest absolute Gasteiger partial charge is 0.490 e. The van der Waals surface area contributed by atoms with Gasteiger partial charge in [0.1, 0.15) is 12.4 Å². The van der Waals surface area contributed by atoms with Crippen LogP contribution in [0.25, 0.3) is 0 Å². The third kappa shape index (κ3) is 13.6. The van der Waals surface area contributed by atoms with Crippen molar-refractivity contribution in [2.75, 3.05) is 6.61 Å². The summed E-state index contributed by atoms with van der Waals surface area (Å²) in [4.78, 5) is 0. The van der Waals surface area contributed by atoms with E-state index >= 15 is 0 Å². The first-order valence-corrected chi connectivity index (χ1v) is 11.3. The highest BCUT2D eigenvalue weighted by atomic mass is 16.5. The van der Waals surface area contributed by atoms with E-state index in [0.29, 0.717) is 6.61 Å². The molecule has 0 spiro atoms. The summed E-state index contributed by atoms with van der Waals surface area (Å²) in [6.45, 7) is 12.5. The average molecular weight is 373 g/mol. The lowest BCUT2D eigenvalue weighted by atomic mass is 9.91. The number of rotatable bonds is 15. The fourth-order valence-corrected chi connectivity index (χ4v) is 3.61. The molecule has 1 aromatic carbocycles. The molecule has 0 aliphatic carbocycles. The maximum absolute atomic E-state index is 5.74. The lowest BCUT2D eigenvalue weighted by Crippen LogP contribution is -2.00. The first kappa shape index (κ1) is 23.8. The normalized spacial score (nSPS) is 14.4. The van der Waals surface area contributed by atoms with E-state index in [1.165, 1.54) is 63.4 Å². The van der Waals surface area contributed by atoms with Crippen LogP contribution in [0.4, 0.5) is 0 Å². The second kappa shape index (κ2) is 14.8. The molecule has 0 saturated heterocycles. The number of hydrogen-bond acceptors (Lipinski definition) is 1. The highest BCUT2D eigenvalue weighted by Gasteiger charge is 2.06. The quantitative estimate of drug-likeness (QED) is 0.281. The molecule has 0 saturated carbocycles. The van der Waals surface area contributed by atoms with Crippen LogP contribution in [0.1, 0.15) is 92.4 Å². The van der Waals surface area contributed by atoms with E-state index in [0.717, 1.165) is 23.5 Å². The van der Waals surface area contributed by atoms with Gasteiger partial charge in [-0.1, -0.05) is 96.4 Å². The van der Waals surface area contributed by atoms with E-state index in [1.807, 2.05) is 30.3 Å². The summed E-state index contributed by atoms with van der Waals surface area (Å²) in [6.07, 6.45) is 14.5. The van der Waals surface area contributed by atoms with Gasteiger partial charge < -0.3 is 4.74 Å². The number of allylic oxidation sites excluding steroid dienone is 1. The number of para-hydroxylation sites is 1. The third-order valence-electron chi connectivity index (χ3n) is 5.57. The molecule has 2 atom stereocenters. The molecule has 1 heteroatoms. The van der Waals surface area contributed by atoms with Crippen molar-refractivity contribution < 1.29 is 4.74 Å². The van der Waals surface area contributed by atoms with E-state index in [9.17, 15) is 0 Å². The van der Waals surface area contributed by atoms with Crippen LogP contribution in [0.15, 0.2) is 42.0 Å². The van der Waals surface area contributed by atoms with Crippen molar-refractivity contribution in [3.63, 3.8) is 0 Å². The average Bonchev–Trinajstić information content (AvgIpc) is 2.62. The SMILES string of the molecule is CC(=CCOc1ccccc1)CCCC(C)CCCC(C)CCCC(C)C. The summed E-state index contributed by atoms with van der Waals surface area (Å²) < 4.78 is 5.74. The fraction of sp³-hybridized carbons (Fsp3) is 0.692. The van der Waals surface area contributed by atoms with Crippen molar-refractivity contribution >= 4 is 0 Å². The molecule has 1 rings (SSSR count). The second-order valence-electron chi connectivity index (χ2n) is 9.03. The fourth-order valence-electron chi connectivity index (χ4n) is 3.61. The Morgan fingerprint density at radius 1 is 0.815 bits per heavy atom. The van der Waals surface area contributed by atoms with Crippen LogP contribution in [0.5, 0.6) is 5.75 Å². The van der Waals surface area contributed by atoms with Crippen molar-refractivity contribution in [2.45, 2.75) is 92.4 Å². The van der Waals surface area contributed by atoms with Gasteiger partial charge in [0, 0.05) is 0 Å². The van der Waals surface area contributed by atoms with Gasteiger partial charge in [0.25, 0.3) is 0 Å². The molecule has 0 N–H and O–H groups in total. The lowest BCUT2D eigenvalue weighted by molar-refractivity contribution is 0.361. The van der Waals surface area contributed by atoms with Gasteiger partial charge in [0.05, 0.1) is 0 Å². The molecule has 154 valence electrons. The molecule has 0 bridgehead atoms. The molecule has 2 unspecified atom stereocenters. The Balaban J connectivity index is 2.03. The predicted octanol–water partition coefficient (Wildman–Crippen LogP) is 8.45. The monoisotopic (exact) mass is 372 g/mol. The number of ether oxygens (including phenoxy) is 1. The molecule has 0 aliphatic heterocycles. The summed E-state index contributed by atoms with van der Waals surface area (Å²) in [5, 5.41) is 0. The summed E-state index contributed by atoms with van der Waals surface area (Å²) in [7, 11) is 0. The predicted molar refractivity (Wildman–Crippen MR) is 120 cm³/mol. The second-order valence-corrected chi connectivity index (χ2v) is 9.03. The third-order valence-corrected chi connectivity index (χ3v) is 5.57. The molecule has 0 aromatic heterocycles. The van der Waals surface area contributed by atoms with Gasteiger partial charge in [0.15, 0.2) is 0 Å². The standard InChI is InChI=1S/C26H44O/c1-22(2)12-9-13-23(3)14-10-15-24(4)16-11-17-25(5)20-21-27-26-18-7-6-8-19-26/h6-8,18-20,22-24H,9-17,21H2,1-5H3. The van der Waals surface area contributed by atoms with Gasteiger partial charge in [-0.25, -0.2) is 0 Å². The van der Waals surface area contributed by atoms with Crippen LogP contribution in [-0.2, 0) is 0 Å². The van der Waals surface area contributed by atoms with Gasteiger partial charge in [0.2, 0.25) is 0 Å². The maximum Gasteiger partial charge on any atom is 0.119 e. The minimum Gasteiger partial charge on any atom is -0.490 e. The zero-order valence-corrected chi connectivity index (χ0v) is 18.7. The van der Waals surface area contributed by atoms with Crippen LogP contribution in [0.3, 0.4) is 0 Å². The van der Waals surface area contributed by atoms with E-state index in [4.69, 9.17) is 4.74 Å². The van der Waals surface area contributed by atoms with E-state index in [1.54, 1.807) is 0 Å². The van der Waals surface area contributed by atoms with E-state index in [-0.39, 0.29) is 0 Å². The minimum absolute atomic E-state index is 0.681. The first-order valence-electron chi connectivity index (χ1n) is 11.3. The Morgan fingerprint density at radius 2 is 1.37 bits per heavy atom. The van der Waals surface area contributed by atoms with Crippen LogP contribution in [0.2, 0.25) is 0 Å². The zero-order valence-electron chi connectivity index (χ0n) is 18.7. The van der Waals surface area contributed by atoms with Gasteiger partial charge in [-0.2, -0.15) is 0 Å². The van der Waals surface area contributed by atoms with Crippen molar-refractivity contribution in [1.29, 1.82) is 0 Å². The molecule has 27 heavy (non-hydrogen) atoms. The maximum atomic E-state index is 5.74. The Morgan fingerprint density at radius 3 is 1.96 bits per heavy atom. The highest BCUT2D eigenvalue weighted by Crippen LogP contribution is 2.22. The molecule has 0 aliphatic rings. The molecule has 0 radical (unpaired) electrons. The molecule has 0 heterocycles. The minimum atomic E-state index is 0.681. The summed E-state index contributed by atoms with van der Waals surface area (Å²) in [5.74, 6) is 3.58. The van der Waals surface area contributed by atoms with Crippen molar-refractivity contribution in [1.82, 2.24) is 0 Å². The summed E-state index contributed by atoms with van der Waals surface area (Å²) >= 11 is 0. The Kier molecular flexibility index (Phi) is 13.0. The van der Waals surface area contributed by atoms with Crippen LogP contribution in [0, 0.1) is 17.8 Å². The van der Waals surface area contributed by atoms with Crippen LogP contribution < -0.4 is 4.74 Å². The van der Waals surface area contributed by atoms with Crippen LogP contribution in [-0.4, -0.2) is 6.61 Å². The number of benzene rings is 1. The van der Waals surface area contributed by atoms with Gasteiger partial charge in [-0.15, -0.1) is 0 Å². The lowest BCUT2D eigenvalue weighted by Gasteiger charge is -2.15. The molecule has 0 fully saturated rings. The van der Waals surface area contributed by atoms with Gasteiger partial charge in [-0.05, 0) is 55.7 Å². The van der Waals surface area contributed by atoms with Gasteiger partial charge >= 0.3 is 0 Å². The topological polar surface area (TPSA) is 9.23 Å². The number of hydrogen-bond donors (Lipinski definition) is 0. The molecular formula is C26H44O. The highest BCUT2D eigenvalue weighted by molar-refractivity contribution is 5.21. The summed E-state index contributed by atoms with van der Waals surface area (Å²) in [5.41, 5.74) is 1.46. The van der Waals surface area contributed by atoms with Crippen molar-refractivity contribution in [3.8, 4) is 5.75 Å². The summed E-state index contributed by atoms with van der Waals surface area (Å²) in [6, 6.07) is 10.1.